The molecule has 2 heterocycles. The van der Waals surface area contributed by atoms with E-state index in [2.05, 4.69) is 31.2 Å². The van der Waals surface area contributed by atoms with Gasteiger partial charge in [-0.3, -0.25) is 19.2 Å². The highest BCUT2D eigenvalue weighted by Crippen LogP contribution is 2.15. The number of hydrogen-bond donors (Lipinski definition) is 7. The van der Waals surface area contributed by atoms with Gasteiger partial charge in [-0.25, -0.2) is 4.98 Å². The van der Waals surface area contributed by atoms with Crippen molar-refractivity contribution in [2.75, 3.05) is 13.2 Å². The molecule has 1 aliphatic heterocycles. The molecule has 172 valence electrons. The molecule has 1 aromatic heterocycles. The van der Waals surface area contributed by atoms with E-state index < -0.39 is 66.9 Å². The van der Waals surface area contributed by atoms with E-state index in [1.165, 1.54) is 19.4 Å². The number of hydrogen-bond acceptors (Lipinski definition) is 7. The number of nitrogens with one attached hydrogen (secondary N) is 5. The van der Waals surface area contributed by atoms with Gasteiger partial charge < -0.3 is 36.5 Å². The third-order valence-corrected chi connectivity index (χ3v) is 5.17. The molecule has 5 atom stereocenters. The number of imidazole rings is 1. The summed E-state index contributed by atoms with van der Waals surface area (Å²) in [4.78, 5) is 57.6. The molecular formula is C19H30N6O6. The first-order valence-corrected chi connectivity index (χ1v) is 10.1. The van der Waals surface area contributed by atoms with Gasteiger partial charge in [0.2, 0.25) is 23.6 Å². The number of aliphatic hydroxyl groups excluding tert-OH is 2. The van der Waals surface area contributed by atoms with Crippen LogP contribution in [0.5, 0.6) is 0 Å². The van der Waals surface area contributed by atoms with E-state index >= 15 is 0 Å². The number of carbonyl (C=O) groups excluding carboxylic acids is 4. The normalized spacial score (nSPS) is 28.5. The Kier molecular flexibility index (Phi) is 8.51. The number of carbonyl (C=O) groups is 4. The van der Waals surface area contributed by atoms with Gasteiger partial charge in [0, 0.05) is 24.4 Å². The fourth-order valence-corrected chi connectivity index (χ4v) is 3.33. The topological polar surface area (TPSA) is 186 Å². The highest BCUT2D eigenvalue weighted by molar-refractivity contribution is 5.95. The monoisotopic (exact) mass is 438 g/mol. The van der Waals surface area contributed by atoms with Crippen LogP contribution in [0.25, 0.3) is 0 Å². The lowest BCUT2D eigenvalue weighted by Crippen LogP contribution is -2.57. The van der Waals surface area contributed by atoms with Crippen LogP contribution < -0.4 is 21.3 Å². The van der Waals surface area contributed by atoms with E-state index in [-0.39, 0.29) is 12.3 Å². The van der Waals surface area contributed by atoms with Crippen LogP contribution in [0.1, 0.15) is 26.5 Å². The van der Waals surface area contributed by atoms with Gasteiger partial charge in [-0.05, 0) is 12.8 Å². The minimum absolute atomic E-state index is 0.0475. The van der Waals surface area contributed by atoms with E-state index in [9.17, 15) is 29.4 Å². The average Bonchev–Trinajstić information content (AvgIpc) is 3.23. The third kappa shape index (κ3) is 6.25. The lowest BCUT2D eigenvalue weighted by molar-refractivity contribution is -0.135. The molecule has 1 aromatic rings. The Balaban J connectivity index is 2.38. The zero-order chi connectivity index (χ0) is 23.1. The Bertz CT molecular complexity index is 783. The van der Waals surface area contributed by atoms with E-state index in [0.29, 0.717) is 5.69 Å². The predicted octanol–water partition coefficient (Wildman–Crippen LogP) is -2.82. The van der Waals surface area contributed by atoms with E-state index in [0.717, 1.165) is 0 Å². The summed E-state index contributed by atoms with van der Waals surface area (Å²) in [6, 6.07) is -4.17. The zero-order valence-corrected chi connectivity index (χ0v) is 17.7. The van der Waals surface area contributed by atoms with Crippen molar-refractivity contribution in [2.24, 2.45) is 11.8 Å². The smallest absolute Gasteiger partial charge is 0.245 e. The first-order chi connectivity index (χ1) is 14.7. The Hall–Kier alpha value is -2.99. The van der Waals surface area contributed by atoms with Crippen molar-refractivity contribution in [3.05, 3.63) is 18.2 Å². The Morgan fingerprint density at radius 2 is 1.55 bits per heavy atom. The fourth-order valence-electron chi connectivity index (χ4n) is 3.33. The van der Waals surface area contributed by atoms with Gasteiger partial charge in [-0.15, -0.1) is 0 Å². The Labute approximate surface area is 179 Å². The molecule has 2 rings (SSSR count). The van der Waals surface area contributed by atoms with Crippen molar-refractivity contribution in [3.8, 4) is 0 Å². The molecule has 1 fully saturated rings. The molecule has 0 saturated carbocycles. The molecule has 2 unspecified atom stereocenters. The maximum absolute atomic E-state index is 12.8. The molecule has 12 nitrogen and oxygen atoms in total. The van der Waals surface area contributed by atoms with Crippen molar-refractivity contribution in [1.82, 2.24) is 31.2 Å². The number of rotatable bonds is 5. The second kappa shape index (κ2) is 10.9. The van der Waals surface area contributed by atoms with Crippen LogP contribution in [-0.4, -0.2) is 81.2 Å². The number of aromatic amines is 1. The molecule has 4 amide bonds. The molecule has 0 aliphatic carbocycles. The molecule has 12 heteroatoms. The summed E-state index contributed by atoms with van der Waals surface area (Å²) in [6.07, 6.45) is 2.95. The second-order valence-electron chi connectivity index (χ2n) is 7.88. The number of H-pyrrole nitrogens is 1. The van der Waals surface area contributed by atoms with Gasteiger partial charge in [0.1, 0.15) is 18.1 Å². The van der Waals surface area contributed by atoms with Crippen molar-refractivity contribution in [1.29, 1.82) is 0 Å². The molecule has 0 spiro atoms. The third-order valence-electron chi connectivity index (χ3n) is 5.17. The van der Waals surface area contributed by atoms with Crippen LogP contribution >= 0.6 is 0 Å². The lowest BCUT2D eigenvalue weighted by atomic mass is 9.89. The second-order valence-corrected chi connectivity index (χ2v) is 7.88. The molecule has 1 aliphatic rings. The molecule has 1 saturated heterocycles. The maximum atomic E-state index is 12.8. The summed E-state index contributed by atoms with van der Waals surface area (Å²) in [6.45, 7) is 3.70. The Morgan fingerprint density at radius 1 is 0.903 bits per heavy atom. The maximum Gasteiger partial charge on any atom is 0.245 e. The fraction of sp³-hybridized carbons (Fsp3) is 0.632. The van der Waals surface area contributed by atoms with Crippen LogP contribution in [0.15, 0.2) is 12.5 Å². The van der Waals surface area contributed by atoms with Crippen molar-refractivity contribution >= 4 is 23.6 Å². The summed E-state index contributed by atoms with van der Waals surface area (Å²) in [5.74, 6) is -3.94. The molecular weight excluding hydrogens is 408 g/mol. The van der Waals surface area contributed by atoms with Gasteiger partial charge in [-0.1, -0.05) is 13.8 Å². The number of aromatic nitrogens is 2. The van der Waals surface area contributed by atoms with Gasteiger partial charge in [0.05, 0.1) is 25.5 Å². The van der Waals surface area contributed by atoms with Crippen LogP contribution in [-0.2, 0) is 25.6 Å². The SMILES string of the molecule is CC(C)C1NC(=O)[C@H](C)NC(=O)C(Cc2cnc[nH]2)NC(=O)[C@H](CO)NC(=O)[C@@H]1CO. The van der Waals surface area contributed by atoms with Gasteiger partial charge in [-0.2, -0.15) is 0 Å². The van der Waals surface area contributed by atoms with Gasteiger partial charge >= 0.3 is 0 Å². The van der Waals surface area contributed by atoms with Crippen LogP contribution in [0.4, 0.5) is 0 Å². The number of aliphatic hydroxyl groups is 2. The number of nitrogens with zero attached hydrogens (tertiary/aromatic N) is 1. The molecule has 0 aromatic carbocycles. The quantitative estimate of drug-likeness (QED) is 0.258. The van der Waals surface area contributed by atoms with E-state index in [1.54, 1.807) is 13.8 Å². The average molecular weight is 438 g/mol. The standard InChI is InChI=1S/C19H30N6O6/c1-9(2)15-12(6-26)17(29)24-14(7-27)19(31)23-13(4-11-5-20-8-21-11)18(30)22-10(3)16(28)25-15/h5,8-10,12-15,26-27H,4,6-7H2,1-3H3,(H,20,21)(H,22,30)(H,23,31)(H,24,29)(H,25,28)/t10-,12+,13?,14-,15?/m0/s1. The van der Waals surface area contributed by atoms with Crippen molar-refractivity contribution in [2.45, 2.75) is 51.4 Å². The summed E-state index contributed by atoms with van der Waals surface area (Å²) in [5.41, 5.74) is 0.562. The highest BCUT2D eigenvalue weighted by Gasteiger charge is 2.36. The van der Waals surface area contributed by atoms with Crippen LogP contribution in [0, 0.1) is 11.8 Å². The summed E-state index contributed by atoms with van der Waals surface area (Å²) in [7, 11) is 0. The first kappa shape index (κ1) is 24.3. The van der Waals surface area contributed by atoms with Crippen LogP contribution in [0.2, 0.25) is 0 Å². The van der Waals surface area contributed by atoms with Gasteiger partial charge in [0.15, 0.2) is 0 Å². The lowest BCUT2D eigenvalue weighted by Gasteiger charge is -2.30. The highest BCUT2D eigenvalue weighted by atomic mass is 16.3. The summed E-state index contributed by atoms with van der Waals surface area (Å²) >= 11 is 0. The minimum Gasteiger partial charge on any atom is -0.395 e. The molecule has 31 heavy (non-hydrogen) atoms. The van der Waals surface area contributed by atoms with Crippen molar-refractivity contribution < 1.29 is 29.4 Å². The Morgan fingerprint density at radius 3 is 2.10 bits per heavy atom. The first-order valence-electron chi connectivity index (χ1n) is 10.1. The number of amides is 4. The van der Waals surface area contributed by atoms with Crippen LogP contribution in [0.3, 0.4) is 0 Å². The van der Waals surface area contributed by atoms with E-state index in [1.807, 2.05) is 0 Å². The molecule has 0 radical (unpaired) electrons. The largest absolute Gasteiger partial charge is 0.395 e. The van der Waals surface area contributed by atoms with Gasteiger partial charge in [0.25, 0.3) is 0 Å². The minimum atomic E-state index is -1.35. The predicted molar refractivity (Wildman–Crippen MR) is 108 cm³/mol. The molecule has 7 N–H and O–H groups in total. The molecule has 0 bridgehead atoms. The van der Waals surface area contributed by atoms with Crippen molar-refractivity contribution in [3.63, 3.8) is 0 Å². The summed E-state index contributed by atoms with van der Waals surface area (Å²) in [5, 5.41) is 29.6. The zero-order valence-electron chi connectivity index (χ0n) is 17.7. The summed E-state index contributed by atoms with van der Waals surface area (Å²) < 4.78 is 0. The van der Waals surface area contributed by atoms with E-state index in [4.69, 9.17) is 0 Å².